The first-order valence-corrected chi connectivity index (χ1v) is 32.7. The zero-order valence-electron chi connectivity index (χ0n) is 58.3. The first-order valence-electron chi connectivity index (χ1n) is 32.7. The van der Waals surface area contributed by atoms with E-state index in [1.165, 1.54) is 83.3 Å². The lowest BCUT2D eigenvalue weighted by atomic mass is 9.91. The van der Waals surface area contributed by atoms with Crippen molar-refractivity contribution in [1.29, 1.82) is 0 Å². The molecule has 0 saturated carbocycles. The van der Waals surface area contributed by atoms with Crippen LogP contribution in [0.5, 0.6) is 0 Å². The summed E-state index contributed by atoms with van der Waals surface area (Å²) in [5, 5.41) is 19.8. The summed E-state index contributed by atoms with van der Waals surface area (Å²) in [5.74, 6) is -8.94. The standard InChI is InChI=1S/C67H113N11O13/c1-20-44(6)58-60(84)70-57(66(90)78-29-25-22-26-30-78)65(89)75(17)46(8)61(85)74(16)45(7)54(81)39-71(13)40-55(82)72(14)37-49(31-42(2)3)33-52(80)36-68-56(47(9)79)64(88)76(18)53(34-48-27-23-21-24-28-48)63(87)73(15)38-50(32-43(4)5)59(83)69-35-51(62(86)77(58)19)41-91-67(10,11)12/h21,23-24,27-28,42-47,49-51,53,56-58,68,79H,20,22,25-26,29-41H2,1-19H3,(H,69,83)(H,70,84)/t44-,45+,46+,47+,49-,50+,51-,53-,56-,57-,58-/m0/s1. The number of aliphatic hydroxyl groups is 1. The predicted molar refractivity (Wildman–Crippen MR) is 349 cm³/mol. The van der Waals surface area contributed by atoms with Crippen LogP contribution in [0.3, 0.4) is 0 Å². The second-order valence-electron chi connectivity index (χ2n) is 27.7. The average Bonchev–Trinajstić information content (AvgIpc) is 1.03. The van der Waals surface area contributed by atoms with E-state index < -0.39 is 119 Å². The van der Waals surface area contributed by atoms with Crippen molar-refractivity contribution in [1.82, 2.24) is 55.1 Å². The number of hydrogen-bond donors (Lipinski definition) is 4. The molecule has 0 aliphatic carbocycles. The van der Waals surface area contributed by atoms with Gasteiger partial charge in [-0.3, -0.25) is 63.0 Å². The van der Waals surface area contributed by atoms with Gasteiger partial charge in [0, 0.05) is 87.9 Å². The summed E-state index contributed by atoms with van der Waals surface area (Å²) in [6, 6.07) is 1.27. The summed E-state index contributed by atoms with van der Waals surface area (Å²) in [6.45, 7) is 20.9. The van der Waals surface area contributed by atoms with E-state index in [2.05, 4.69) is 16.0 Å². The van der Waals surface area contributed by atoms with Gasteiger partial charge in [-0.1, -0.05) is 78.3 Å². The molecular formula is C67H113N11O13. The number of rotatable bonds is 12. The van der Waals surface area contributed by atoms with Crippen molar-refractivity contribution in [2.24, 2.45) is 35.5 Å². The van der Waals surface area contributed by atoms with Crippen molar-refractivity contribution >= 4 is 64.7 Å². The molecule has 24 heteroatoms. The number of carbonyl (C=O) groups is 11. The van der Waals surface area contributed by atoms with Crippen molar-refractivity contribution < 1.29 is 62.6 Å². The van der Waals surface area contributed by atoms with Gasteiger partial charge >= 0.3 is 0 Å². The Morgan fingerprint density at radius 1 is 0.670 bits per heavy atom. The Morgan fingerprint density at radius 3 is 1.82 bits per heavy atom. The average molecular weight is 1280 g/mol. The van der Waals surface area contributed by atoms with Crippen LogP contribution in [0.2, 0.25) is 0 Å². The number of Topliss-reactive ketones (excluding diaryl/α,β-unsaturated/α-hetero) is 2. The third kappa shape index (κ3) is 24.2. The van der Waals surface area contributed by atoms with E-state index in [9.17, 15) is 53.1 Å². The van der Waals surface area contributed by atoms with Crippen LogP contribution in [0.1, 0.15) is 134 Å². The fourth-order valence-electron chi connectivity index (χ4n) is 11.8. The highest BCUT2D eigenvalue weighted by atomic mass is 16.5. The third-order valence-electron chi connectivity index (χ3n) is 17.7. The maximum absolute atomic E-state index is 15.1. The van der Waals surface area contributed by atoms with Crippen molar-refractivity contribution in [2.45, 2.75) is 182 Å². The van der Waals surface area contributed by atoms with E-state index in [1.54, 1.807) is 28.1 Å². The van der Waals surface area contributed by atoms with Gasteiger partial charge in [-0.15, -0.1) is 0 Å². The second kappa shape index (κ2) is 36.8. The molecule has 2 fully saturated rings. The Morgan fingerprint density at radius 2 is 1.26 bits per heavy atom. The Balaban J connectivity index is 2.21. The van der Waals surface area contributed by atoms with Gasteiger partial charge < -0.3 is 54.8 Å². The molecule has 2 aliphatic rings. The fraction of sp³-hybridized carbons (Fsp3) is 0.746. The molecular weight excluding hydrogens is 1170 g/mol. The number of piperidine rings is 1. The molecule has 2 aliphatic heterocycles. The van der Waals surface area contributed by atoms with Gasteiger partial charge in [0.2, 0.25) is 41.4 Å². The summed E-state index contributed by atoms with van der Waals surface area (Å²) in [4.78, 5) is 170. The lowest BCUT2D eigenvalue weighted by Crippen LogP contribution is -2.63. The number of likely N-dealkylation sites (tertiary alicyclic amines) is 1. The van der Waals surface area contributed by atoms with E-state index in [0.29, 0.717) is 45.2 Å². The number of nitrogens with one attached hydrogen (secondary N) is 3. The topological polar surface area (TPSA) is 279 Å². The molecule has 2 heterocycles. The van der Waals surface area contributed by atoms with Gasteiger partial charge in [-0.05, 0) is 110 Å². The number of carbonyl (C=O) groups excluding carboxylic acids is 11. The van der Waals surface area contributed by atoms with E-state index >= 15 is 4.79 Å². The Kier molecular flexibility index (Phi) is 31.9. The lowest BCUT2D eigenvalue weighted by molar-refractivity contribution is -0.153. The van der Waals surface area contributed by atoms with Crippen LogP contribution in [-0.4, -0.2) is 265 Å². The molecule has 514 valence electrons. The molecule has 0 spiro atoms. The highest BCUT2D eigenvalue weighted by Crippen LogP contribution is 2.24. The summed E-state index contributed by atoms with van der Waals surface area (Å²) in [6.07, 6.45) is 2.22. The van der Waals surface area contributed by atoms with Crippen LogP contribution < -0.4 is 16.0 Å². The molecule has 2 saturated heterocycles. The zero-order chi connectivity index (χ0) is 68.9. The number of nitrogens with zero attached hydrogens (tertiary/aromatic N) is 8. The van der Waals surface area contributed by atoms with E-state index in [1.807, 2.05) is 85.7 Å². The Bertz CT molecular complexity index is 2610. The largest absolute Gasteiger partial charge is 0.391 e. The van der Waals surface area contributed by atoms with Crippen LogP contribution in [0, 0.1) is 35.5 Å². The third-order valence-corrected chi connectivity index (χ3v) is 17.7. The smallest absolute Gasteiger partial charge is 0.255 e. The van der Waals surface area contributed by atoms with Crippen LogP contribution >= 0.6 is 0 Å². The molecule has 0 aromatic heterocycles. The van der Waals surface area contributed by atoms with E-state index in [4.69, 9.17) is 4.74 Å². The first kappa shape index (κ1) is 78.9. The van der Waals surface area contributed by atoms with Gasteiger partial charge in [0.05, 0.1) is 55.8 Å². The monoisotopic (exact) mass is 1280 g/mol. The first-order chi connectivity index (χ1) is 42.4. The van der Waals surface area contributed by atoms with Crippen molar-refractivity contribution in [3.63, 3.8) is 0 Å². The van der Waals surface area contributed by atoms with Crippen molar-refractivity contribution in [3.8, 4) is 0 Å². The number of likely N-dealkylation sites (N-methyl/N-ethyl adjacent to an activating group) is 7. The number of hydrogen-bond acceptors (Lipinski definition) is 15. The molecule has 11 atom stereocenters. The normalized spacial score (nSPS) is 26.6. The SMILES string of the molecule is CC[C@H](C)[C@H]1C(=O)N[C@H](C(=O)N2CCCCC2)C(=O)N(C)[C@H](C)C(=O)N(C)[C@H](C)C(=O)CN(C)CC(=O)N(C)C[C@@H](CC(C)C)CC(=O)CN[C@@H]([C@@H](C)O)C(=O)N(C)[C@@H](Cc2ccccc2)C(=O)N(C)C[C@@H](CC(C)C)C(=O)NC[C@@H](COC(C)(C)C)C(=O)N1C. The Hall–Kier alpha value is -6.37. The number of benzene rings is 1. The van der Waals surface area contributed by atoms with Crippen LogP contribution in [0.4, 0.5) is 0 Å². The number of aliphatic hydroxyl groups excluding tert-OH is 1. The van der Waals surface area contributed by atoms with Gasteiger partial charge in [-0.2, -0.15) is 0 Å². The highest BCUT2D eigenvalue weighted by Gasteiger charge is 2.43. The second-order valence-corrected chi connectivity index (χ2v) is 27.7. The minimum Gasteiger partial charge on any atom is -0.391 e. The molecule has 9 amide bonds. The van der Waals surface area contributed by atoms with Crippen molar-refractivity contribution in [3.05, 3.63) is 35.9 Å². The molecule has 0 bridgehead atoms. The van der Waals surface area contributed by atoms with E-state index in [0.717, 1.165) is 16.9 Å². The van der Waals surface area contributed by atoms with E-state index in [-0.39, 0.29) is 88.2 Å². The van der Waals surface area contributed by atoms with Gasteiger partial charge in [0.25, 0.3) is 11.8 Å². The van der Waals surface area contributed by atoms with Gasteiger partial charge in [0.15, 0.2) is 11.8 Å². The maximum atomic E-state index is 15.1. The lowest BCUT2D eigenvalue weighted by Gasteiger charge is -2.37. The summed E-state index contributed by atoms with van der Waals surface area (Å²) >= 11 is 0. The fourth-order valence-corrected chi connectivity index (χ4v) is 11.8. The molecule has 1 aromatic carbocycles. The molecule has 3 rings (SSSR count). The number of ether oxygens (including phenoxy) is 1. The number of amides is 9. The van der Waals surface area contributed by atoms with Gasteiger partial charge in [-0.25, -0.2) is 0 Å². The maximum Gasteiger partial charge on any atom is 0.255 e. The van der Waals surface area contributed by atoms with Crippen molar-refractivity contribution in [2.75, 3.05) is 108 Å². The summed E-state index contributed by atoms with van der Waals surface area (Å²) in [5.41, 5.74) is -0.0195. The molecule has 24 nitrogen and oxygen atoms in total. The molecule has 0 radical (unpaired) electrons. The number of ketones is 2. The molecule has 4 N–H and O–H groups in total. The van der Waals surface area contributed by atoms with Crippen LogP contribution in [0.25, 0.3) is 0 Å². The van der Waals surface area contributed by atoms with Crippen LogP contribution in [-0.2, 0) is 63.9 Å². The zero-order valence-corrected chi connectivity index (χ0v) is 58.3. The minimum absolute atomic E-state index is 0.0251. The quantitative estimate of drug-likeness (QED) is 0.219. The molecule has 91 heavy (non-hydrogen) atoms. The molecule has 0 unspecified atom stereocenters. The predicted octanol–water partition coefficient (Wildman–Crippen LogP) is 2.72. The summed E-state index contributed by atoms with van der Waals surface area (Å²) in [7, 11) is 10.4. The highest BCUT2D eigenvalue weighted by molar-refractivity contribution is 6.08. The van der Waals surface area contributed by atoms with Crippen LogP contribution in [0.15, 0.2) is 30.3 Å². The van der Waals surface area contributed by atoms with Gasteiger partial charge in [0.1, 0.15) is 30.0 Å². The molecule has 1 aromatic rings. The Labute approximate surface area is 542 Å². The summed E-state index contributed by atoms with van der Waals surface area (Å²) < 4.78 is 6.20. The minimum atomic E-state index is -1.82.